The summed E-state index contributed by atoms with van der Waals surface area (Å²) < 4.78 is 13.5. The second kappa shape index (κ2) is 4.14. The molecule has 1 heterocycles. The van der Waals surface area contributed by atoms with Gasteiger partial charge >= 0.3 is 0 Å². The molecule has 1 atom stereocenters. The summed E-state index contributed by atoms with van der Waals surface area (Å²) >= 11 is 0. The first-order chi connectivity index (χ1) is 7.24. The monoisotopic (exact) mass is 209 g/mol. The minimum absolute atomic E-state index is 0.217. The molecule has 0 aliphatic heterocycles. The van der Waals surface area contributed by atoms with Crippen LogP contribution in [0.3, 0.4) is 0 Å². The Bertz CT molecular complexity index is 338. The normalized spacial score (nSPS) is 17.5. The van der Waals surface area contributed by atoms with Gasteiger partial charge in [0.1, 0.15) is 0 Å². The Morgan fingerprint density at radius 3 is 2.93 bits per heavy atom. The van der Waals surface area contributed by atoms with Crippen LogP contribution in [0.2, 0.25) is 0 Å². The zero-order valence-electron chi connectivity index (χ0n) is 8.86. The predicted molar refractivity (Wildman–Crippen MR) is 58.2 cm³/mol. The van der Waals surface area contributed by atoms with E-state index in [1.165, 1.54) is 18.9 Å². The van der Waals surface area contributed by atoms with Gasteiger partial charge in [-0.1, -0.05) is 0 Å². The summed E-state index contributed by atoms with van der Waals surface area (Å²) in [5.41, 5.74) is 5.71. The average Bonchev–Trinajstić information content (AvgIpc) is 3.03. The van der Waals surface area contributed by atoms with E-state index in [4.69, 9.17) is 5.73 Å². The lowest BCUT2D eigenvalue weighted by atomic mass is 10.1. The third kappa shape index (κ3) is 2.09. The third-order valence-corrected chi connectivity index (χ3v) is 2.98. The summed E-state index contributed by atoms with van der Waals surface area (Å²) in [5.74, 6) is 0.736. The molecule has 82 valence electrons. The molecular weight excluding hydrogens is 193 g/mol. The molecule has 2 rings (SSSR count). The van der Waals surface area contributed by atoms with Gasteiger partial charge in [0.05, 0.1) is 0 Å². The predicted octanol–water partition coefficient (Wildman–Crippen LogP) is 1.39. The molecule has 0 saturated heterocycles. The quantitative estimate of drug-likeness (QED) is 0.815. The number of nitrogens with two attached hydrogens (primary N) is 1. The van der Waals surface area contributed by atoms with Crippen molar-refractivity contribution in [3.63, 3.8) is 0 Å². The minimum atomic E-state index is -0.279. The van der Waals surface area contributed by atoms with Crippen LogP contribution in [-0.4, -0.2) is 24.6 Å². The van der Waals surface area contributed by atoms with Crippen LogP contribution >= 0.6 is 0 Å². The van der Waals surface area contributed by atoms with Gasteiger partial charge in [-0.2, -0.15) is 0 Å². The largest absolute Gasteiger partial charge is 0.353 e. The molecule has 1 aliphatic carbocycles. The van der Waals surface area contributed by atoms with E-state index >= 15 is 0 Å². The highest BCUT2D eigenvalue weighted by Gasteiger charge is 2.34. The number of aromatic nitrogens is 1. The first-order valence-corrected chi connectivity index (χ1v) is 5.27. The summed E-state index contributed by atoms with van der Waals surface area (Å²) in [6.07, 6.45) is 4.00. The van der Waals surface area contributed by atoms with Crippen LogP contribution < -0.4 is 10.6 Å². The van der Waals surface area contributed by atoms with Crippen LogP contribution in [0.5, 0.6) is 0 Å². The van der Waals surface area contributed by atoms with E-state index in [-0.39, 0.29) is 11.9 Å². The number of hydrogen-bond donors (Lipinski definition) is 1. The molecule has 1 saturated carbocycles. The first kappa shape index (κ1) is 10.4. The van der Waals surface area contributed by atoms with Gasteiger partial charge in [-0.3, -0.25) is 0 Å². The van der Waals surface area contributed by atoms with Gasteiger partial charge < -0.3 is 10.6 Å². The lowest BCUT2D eigenvalue weighted by Gasteiger charge is -2.28. The maximum absolute atomic E-state index is 13.5. The lowest BCUT2D eigenvalue weighted by Crippen LogP contribution is -2.40. The summed E-state index contributed by atoms with van der Waals surface area (Å²) in [6.45, 7) is 0.553. The highest BCUT2D eigenvalue weighted by Crippen LogP contribution is 2.35. The molecule has 0 aromatic carbocycles. The van der Waals surface area contributed by atoms with Crippen LogP contribution in [0.25, 0.3) is 0 Å². The third-order valence-electron chi connectivity index (χ3n) is 2.98. The number of hydrogen-bond acceptors (Lipinski definition) is 3. The average molecular weight is 209 g/mol. The van der Waals surface area contributed by atoms with Gasteiger partial charge in [-0.05, 0) is 30.9 Å². The zero-order chi connectivity index (χ0) is 10.8. The number of anilines is 1. The van der Waals surface area contributed by atoms with Gasteiger partial charge in [0.25, 0.3) is 0 Å². The highest BCUT2D eigenvalue weighted by molar-refractivity contribution is 5.40. The molecule has 1 fully saturated rings. The Labute approximate surface area is 89.1 Å². The Morgan fingerprint density at radius 1 is 1.67 bits per heavy atom. The maximum Gasteiger partial charge on any atom is 0.165 e. The number of pyridine rings is 1. The summed E-state index contributed by atoms with van der Waals surface area (Å²) in [5, 5.41) is 0. The van der Waals surface area contributed by atoms with Crippen molar-refractivity contribution in [1.29, 1.82) is 0 Å². The van der Waals surface area contributed by atoms with Crippen LogP contribution in [0.1, 0.15) is 12.8 Å². The van der Waals surface area contributed by atoms with E-state index < -0.39 is 0 Å². The summed E-state index contributed by atoms with van der Waals surface area (Å²) in [7, 11) is 1.86. The molecule has 4 heteroatoms. The fourth-order valence-electron chi connectivity index (χ4n) is 1.94. The Morgan fingerprint density at radius 2 is 2.40 bits per heavy atom. The number of nitrogens with zero attached hydrogens (tertiary/aromatic N) is 2. The standard InChI is InChI=1S/C11H16FN3/c1-15(10(7-13)8-4-5-8)11-9(12)3-2-6-14-11/h2-3,6,8,10H,4-5,7,13H2,1H3. The van der Waals surface area contributed by atoms with Crippen molar-refractivity contribution in [3.05, 3.63) is 24.1 Å². The van der Waals surface area contributed by atoms with Crippen molar-refractivity contribution in [2.45, 2.75) is 18.9 Å². The van der Waals surface area contributed by atoms with E-state index in [9.17, 15) is 4.39 Å². The molecule has 0 radical (unpaired) electrons. The molecular formula is C11H16FN3. The fourth-order valence-corrected chi connectivity index (χ4v) is 1.94. The van der Waals surface area contributed by atoms with Gasteiger partial charge in [0.2, 0.25) is 0 Å². The van der Waals surface area contributed by atoms with Crippen molar-refractivity contribution in [2.24, 2.45) is 11.7 Å². The van der Waals surface area contributed by atoms with Crippen molar-refractivity contribution in [2.75, 3.05) is 18.5 Å². The maximum atomic E-state index is 13.5. The summed E-state index contributed by atoms with van der Waals surface area (Å²) in [4.78, 5) is 5.92. The smallest absolute Gasteiger partial charge is 0.165 e. The van der Waals surface area contributed by atoms with Crippen LogP contribution in [0, 0.1) is 11.7 Å². The SMILES string of the molecule is CN(c1ncccc1F)C(CN)C1CC1. The number of rotatable bonds is 4. The molecule has 1 unspecified atom stereocenters. The molecule has 1 aliphatic rings. The second-order valence-corrected chi connectivity index (χ2v) is 4.06. The van der Waals surface area contributed by atoms with Gasteiger partial charge in [-0.15, -0.1) is 0 Å². The van der Waals surface area contributed by atoms with Crippen LogP contribution in [0.15, 0.2) is 18.3 Å². The molecule has 3 nitrogen and oxygen atoms in total. The molecule has 0 amide bonds. The summed E-state index contributed by atoms with van der Waals surface area (Å²) in [6, 6.07) is 3.25. The van der Waals surface area contributed by atoms with Crippen LogP contribution in [-0.2, 0) is 0 Å². The number of halogens is 1. The Kier molecular flexibility index (Phi) is 2.86. The van der Waals surface area contributed by atoms with Crippen molar-refractivity contribution >= 4 is 5.82 Å². The topological polar surface area (TPSA) is 42.2 Å². The first-order valence-electron chi connectivity index (χ1n) is 5.27. The molecule has 1 aromatic rings. The number of likely N-dealkylation sites (N-methyl/N-ethyl adjacent to an activating group) is 1. The van der Waals surface area contributed by atoms with E-state index in [0.29, 0.717) is 18.3 Å². The van der Waals surface area contributed by atoms with Gasteiger partial charge in [0, 0.05) is 25.8 Å². The van der Waals surface area contributed by atoms with Gasteiger partial charge in [0.15, 0.2) is 11.6 Å². The van der Waals surface area contributed by atoms with Crippen molar-refractivity contribution in [3.8, 4) is 0 Å². The van der Waals surface area contributed by atoms with Crippen molar-refractivity contribution < 1.29 is 4.39 Å². The fraction of sp³-hybridized carbons (Fsp3) is 0.545. The molecule has 0 spiro atoms. The van der Waals surface area contributed by atoms with E-state index in [1.807, 2.05) is 11.9 Å². The zero-order valence-corrected chi connectivity index (χ0v) is 8.86. The molecule has 2 N–H and O–H groups in total. The van der Waals surface area contributed by atoms with Gasteiger partial charge in [-0.25, -0.2) is 9.37 Å². The lowest BCUT2D eigenvalue weighted by molar-refractivity contribution is 0.544. The molecule has 1 aromatic heterocycles. The van der Waals surface area contributed by atoms with Crippen LogP contribution in [0.4, 0.5) is 10.2 Å². The Balaban J connectivity index is 2.18. The molecule has 0 bridgehead atoms. The van der Waals surface area contributed by atoms with Crippen molar-refractivity contribution in [1.82, 2.24) is 4.98 Å². The van der Waals surface area contributed by atoms with E-state index in [1.54, 1.807) is 12.3 Å². The van der Waals surface area contributed by atoms with E-state index in [0.717, 1.165) is 0 Å². The second-order valence-electron chi connectivity index (χ2n) is 4.06. The van der Waals surface area contributed by atoms with E-state index in [2.05, 4.69) is 4.98 Å². The minimum Gasteiger partial charge on any atom is -0.353 e. The Hall–Kier alpha value is -1.16. The molecule has 15 heavy (non-hydrogen) atoms. The highest BCUT2D eigenvalue weighted by atomic mass is 19.1.